The molecule has 1 heteroatoms. The van der Waals surface area contributed by atoms with Gasteiger partial charge in [-0.25, -0.2) is 0 Å². The molecule has 0 radical (unpaired) electrons. The van der Waals surface area contributed by atoms with Crippen LogP contribution in [0.3, 0.4) is 0 Å². The topological polar surface area (TPSA) is 12.0 Å². The van der Waals surface area contributed by atoms with Gasteiger partial charge in [-0.3, -0.25) is 0 Å². The third kappa shape index (κ3) is 2.08. The summed E-state index contributed by atoms with van der Waals surface area (Å²) in [5.41, 5.74) is 8.47. The molecule has 0 atom stereocenters. The Bertz CT molecular complexity index is 653. The fourth-order valence-corrected chi connectivity index (χ4v) is 3.12. The molecule has 0 saturated heterocycles. The summed E-state index contributed by atoms with van der Waals surface area (Å²) in [4.78, 5) is 0. The fraction of sp³-hybridized carbons (Fsp3) is 0.263. The minimum atomic E-state index is 0.906. The second kappa shape index (κ2) is 5.64. The Hall–Kier alpha value is -1.86. The molecule has 20 heavy (non-hydrogen) atoms. The quantitative estimate of drug-likeness (QED) is 0.741. The van der Waals surface area contributed by atoms with Gasteiger partial charge in [0, 0.05) is 6.54 Å². The van der Waals surface area contributed by atoms with Crippen LogP contribution in [0.25, 0.3) is 16.7 Å². The van der Waals surface area contributed by atoms with Gasteiger partial charge in [0.1, 0.15) is 0 Å². The van der Waals surface area contributed by atoms with Gasteiger partial charge < -0.3 is 5.32 Å². The maximum absolute atomic E-state index is 3.23. The number of hydrogen-bond donors (Lipinski definition) is 1. The van der Waals surface area contributed by atoms with E-state index < -0.39 is 0 Å². The van der Waals surface area contributed by atoms with E-state index in [1.165, 1.54) is 39.8 Å². The Morgan fingerprint density at radius 2 is 1.70 bits per heavy atom. The molecule has 102 valence electrons. The van der Waals surface area contributed by atoms with Crippen molar-refractivity contribution >= 4 is 5.57 Å². The molecule has 1 N–H and O–H groups in total. The van der Waals surface area contributed by atoms with Crippen LogP contribution in [0.15, 0.2) is 48.5 Å². The number of benzene rings is 2. The summed E-state index contributed by atoms with van der Waals surface area (Å²) in [5.74, 6) is 0. The van der Waals surface area contributed by atoms with E-state index in [0.717, 1.165) is 13.0 Å². The van der Waals surface area contributed by atoms with Crippen molar-refractivity contribution in [3.8, 4) is 11.1 Å². The molecule has 0 fully saturated rings. The van der Waals surface area contributed by atoms with Crippen LogP contribution in [-0.2, 0) is 6.42 Å². The molecular weight excluding hydrogens is 242 g/mol. The van der Waals surface area contributed by atoms with Gasteiger partial charge in [-0.05, 0) is 46.9 Å². The standard InChI is InChI=1S/C19H21N/c1-3-7-14-8-6-11-17-15-9-4-5-10-16(15)18(19(14)17)12-13-20-2/h4-6,8-12,20H,3,7,13H2,1-2H3/b18-12-. The largest absolute Gasteiger partial charge is 0.316 e. The van der Waals surface area contributed by atoms with Crippen LogP contribution in [0.5, 0.6) is 0 Å². The van der Waals surface area contributed by atoms with Gasteiger partial charge >= 0.3 is 0 Å². The average molecular weight is 263 g/mol. The lowest BCUT2D eigenvalue weighted by Crippen LogP contribution is -2.05. The van der Waals surface area contributed by atoms with Crippen LogP contribution in [-0.4, -0.2) is 13.6 Å². The summed E-state index contributed by atoms with van der Waals surface area (Å²) < 4.78 is 0. The van der Waals surface area contributed by atoms with Crippen LogP contribution in [0.1, 0.15) is 30.0 Å². The van der Waals surface area contributed by atoms with Gasteiger partial charge in [0.25, 0.3) is 0 Å². The van der Waals surface area contributed by atoms with Gasteiger partial charge in [-0.2, -0.15) is 0 Å². The summed E-state index contributed by atoms with van der Waals surface area (Å²) in [5, 5.41) is 3.23. The Labute approximate surface area is 121 Å². The SMILES string of the molecule is CCCc1cccc2c1/C(=C\CNC)c1ccccc1-2. The summed E-state index contributed by atoms with van der Waals surface area (Å²) in [6.07, 6.45) is 4.66. The zero-order valence-corrected chi connectivity index (χ0v) is 12.2. The van der Waals surface area contributed by atoms with Crippen molar-refractivity contribution in [3.63, 3.8) is 0 Å². The lowest BCUT2D eigenvalue weighted by atomic mass is 9.95. The van der Waals surface area contributed by atoms with Gasteiger partial charge in [-0.15, -0.1) is 0 Å². The number of hydrogen-bond acceptors (Lipinski definition) is 1. The molecule has 0 aromatic heterocycles. The number of aryl methyl sites for hydroxylation is 1. The second-order valence-corrected chi connectivity index (χ2v) is 5.31. The normalized spacial score (nSPS) is 14.4. The van der Waals surface area contributed by atoms with Crippen LogP contribution in [0, 0.1) is 0 Å². The van der Waals surface area contributed by atoms with Crippen LogP contribution in [0.4, 0.5) is 0 Å². The zero-order chi connectivity index (χ0) is 13.9. The van der Waals surface area contributed by atoms with Crippen molar-refractivity contribution in [1.29, 1.82) is 0 Å². The van der Waals surface area contributed by atoms with Crippen molar-refractivity contribution in [2.75, 3.05) is 13.6 Å². The molecule has 0 unspecified atom stereocenters. The Balaban J connectivity index is 2.23. The highest BCUT2D eigenvalue weighted by Crippen LogP contribution is 2.45. The number of fused-ring (bicyclic) bond motifs is 3. The van der Waals surface area contributed by atoms with E-state index >= 15 is 0 Å². The molecular formula is C19H21N. The number of likely N-dealkylation sites (N-methyl/N-ethyl adjacent to an activating group) is 1. The monoisotopic (exact) mass is 263 g/mol. The maximum Gasteiger partial charge on any atom is 0.0141 e. The molecule has 1 aliphatic rings. The van der Waals surface area contributed by atoms with E-state index in [2.05, 4.69) is 60.8 Å². The van der Waals surface area contributed by atoms with Crippen molar-refractivity contribution in [2.24, 2.45) is 0 Å². The highest BCUT2D eigenvalue weighted by molar-refractivity contribution is 6.02. The molecule has 0 spiro atoms. The van der Waals surface area contributed by atoms with Crippen LogP contribution in [0.2, 0.25) is 0 Å². The van der Waals surface area contributed by atoms with Gasteiger partial charge in [0.2, 0.25) is 0 Å². The third-order valence-corrected chi connectivity index (χ3v) is 3.96. The fourth-order valence-electron chi connectivity index (χ4n) is 3.12. The number of rotatable bonds is 4. The summed E-state index contributed by atoms with van der Waals surface area (Å²) in [6, 6.07) is 15.5. The Morgan fingerprint density at radius 1 is 0.950 bits per heavy atom. The van der Waals surface area contributed by atoms with E-state index in [1.807, 2.05) is 7.05 Å². The van der Waals surface area contributed by atoms with E-state index in [0.29, 0.717) is 0 Å². The summed E-state index contributed by atoms with van der Waals surface area (Å²) in [7, 11) is 2.00. The molecule has 2 aromatic carbocycles. The first-order chi connectivity index (χ1) is 9.86. The zero-order valence-electron chi connectivity index (χ0n) is 12.2. The predicted molar refractivity (Wildman–Crippen MR) is 86.9 cm³/mol. The van der Waals surface area contributed by atoms with E-state index in [1.54, 1.807) is 0 Å². The Kier molecular flexibility index (Phi) is 3.70. The first kappa shape index (κ1) is 13.1. The first-order valence-corrected chi connectivity index (χ1v) is 7.43. The van der Waals surface area contributed by atoms with E-state index in [-0.39, 0.29) is 0 Å². The third-order valence-electron chi connectivity index (χ3n) is 3.96. The lowest BCUT2D eigenvalue weighted by molar-refractivity contribution is 0.914. The molecule has 3 rings (SSSR count). The van der Waals surface area contributed by atoms with Crippen LogP contribution < -0.4 is 5.32 Å². The Morgan fingerprint density at radius 3 is 2.45 bits per heavy atom. The molecule has 2 aromatic rings. The first-order valence-electron chi connectivity index (χ1n) is 7.43. The average Bonchev–Trinajstić information content (AvgIpc) is 2.81. The predicted octanol–water partition coefficient (Wildman–Crippen LogP) is 4.27. The van der Waals surface area contributed by atoms with Gasteiger partial charge in [-0.1, -0.05) is 61.9 Å². The molecule has 0 saturated carbocycles. The summed E-state index contributed by atoms with van der Waals surface area (Å²) >= 11 is 0. The maximum atomic E-state index is 3.23. The van der Waals surface area contributed by atoms with E-state index in [4.69, 9.17) is 0 Å². The van der Waals surface area contributed by atoms with Crippen LogP contribution >= 0.6 is 0 Å². The van der Waals surface area contributed by atoms with Crippen molar-refractivity contribution in [1.82, 2.24) is 5.32 Å². The highest BCUT2D eigenvalue weighted by atomic mass is 14.8. The summed E-state index contributed by atoms with van der Waals surface area (Å²) in [6.45, 7) is 3.15. The molecule has 0 aliphatic heterocycles. The second-order valence-electron chi connectivity index (χ2n) is 5.31. The van der Waals surface area contributed by atoms with E-state index in [9.17, 15) is 0 Å². The molecule has 0 amide bonds. The number of nitrogens with one attached hydrogen (secondary N) is 1. The van der Waals surface area contributed by atoms with Crippen molar-refractivity contribution in [3.05, 3.63) is 65.2 Å². The minimum Gasteiger partial charge on any atom is -0.316 e. The van der Waals surface area contributed by atoms with Gasteiger partial charge in [0.15, 0.2) is 0 Å². The minimum absolute atomic E-state index is 0.906. The van der Waals surface area contributed by atoms with Crippen molar-refractivity contribution < 1.29 is 0 Å². The lowest BCUT2D eigenvalue weighted by Gasteiger charge is -2.09. The molecule has 0 bridgehead atoms. The molecule has 1 nitrogen and oxygen atoms in total. The molecule has 1 aliphatic carbocycles. The highest BCUT2D eigenvalue weighted by Gasteiger charge is 2.24. The van der Waals surface area contributed by atoms with Crippen molar-refractivity contribution in [2.45, 2.75) is 19.8 Å². The van der Waals surface area contributed by atoms with Gasteiger partial charge in [0.05, 0.1) is 0 Å². The smallest absolute Gasteiger partial charge is 0.0141 e. The molecule has 0 heterocycles.